The van der Waals surface area contributed by atoms with E-state index in [0.29, 0.717) is 24.8 Å². The van der Waals surface area contributed by atoms with Gasteiger partial charge in [0.15, 0.2) is 0 Å². The van der Waals surface area contributed by atoms with Crippen LogP contribution in [0.15, 0.2) is 54.6 Å². The molecular formula is C23H27N3O4. The highest BCUT2D eigenvalue weighted by Crippen LogP contribution is 2.20. The summed E-state index contributed by atoms with van der Waals surface area (Å²) >= 11 is 0. The van der Waals surface area contributed by atoms with Crippen LogP contribution in [0.3, 0.4) is 0 Å². The molecule has 2 aromatic rings. The second kappa shape index (κ2) is 11.7. The first kappa shape index (κ1) is 23.1. The molecule has 0 aromatic heterocycles. The van der Waals surface area contributed by atoms with Gasteiger partial charge < -0.3 is 4.79 Å². The Morgan fingerprint density at radius 2 is 1.60 bits per heavy atom. The van der Waals surface area contributed by atoms with Crippen LogP contribution in [0.25, 0.3) is 11.1 Å². The molecule has 0 aliphatic carbocycles. The van der Waals surface area contributed by atoms with E-state index in [9.17, 15) is 19.2 Å². The number of rotatable bonds is 11. The van der Waals surface area contributed by atoms with Crippen LogP contribution in [0.4, 0.5) is 0 Å². The van der Waals surface area contributed by atoms with Crippen LogP contribution < -0.4 is 11.3 Å². The summed E-state index contributed by atoms with van der Waals surface area (Å²) in [5.74, 6) is 3.20. The predicted octanol–water partition coefficient (Wildman–Crippen LogP) is 2.50. The van der Waals surface area contributed by atoms with Gasteiger partial charge in [-0.2, -0.15) is 0 Å². The van der Waals surface area contributed by atoms with Crippen molar-refractivity contribution in [1.82, 2.24) is 10.3 Å². The lowest BCUT2D eigenvalue weighted by Crippen LogP contribution is -2.49. The average molecular weight is 409 g/mol. The molecule has 0 aliphatic heterocycles. The Kier molecular flexibility index (Phi) is 9.05. The molecule has 0 radical (unpaired) electrons. The van der Waals surface area contributed by atoms with E-state index < -0.39 is 23.6 Å². The maximum absolute atomic E-state index is 12.6. The van der Waals surface area contributed by atoms with Crippen LogP contribution in [-0.2, 0) is 14.4 Å². The fraction of sp³-hybridized carbons (Fsp3) is 0.304. The number of hydrogen-bond donors (Lipinski definition) is 2. The zero-order chi connectivity index (χ0) is 21.9. The molecule has 7 nitrogen and oxygen atoms in total. The number of amides is 2. The number of nitrogens with zero attached hydrogens (tertiary/aromatic N) is 1. The smallest absolute Gasteiger partial charge is 0.298 e. The van der Waals surface area contributed by atoms with Crippen molar-refractivity contribution in [2.75, 3.05) is 7.05 Å². The first-order chi connectivity index (χ1) is 14.5. The van der Waals surface area contributed by atoms with Crippen molar-refractivity contribution in [3.05, 3.63) is 60.2 Å². The Bertz CT molecular complexity index is 866. The number of hydrogen-bond acceptors (Lipinski definition) is 6. The van der Waals surface area contributed by atoms with Crippen molar-refractivity contribution >= 4 is 23.9 Å². The molecule has 0 bridgehead atoms. The number of hydrazine groups is 1. The lowest BCUT2D eigenvalue weighted by molar-refractivity contribution is -0.143. The highest BCUT2D eigenvalue weighted by atomic mass is 16.2. The number of nitrogens with one attached hydrogen (secondary N) is 1. The number of likely N-dealkylation sites (N-methyl/N-ethyl adjacent to an activating group) is 1. The van der Waals surface area contributed by atoms with Crippen LogP contribution in [0, 0.1) is 0 Å². The van der Waals surface area contributed by atoms with Crippen molar-refractivity contribution in [2.24, 2.45) is 5.84 Å². The van der Waals surface area contributed by atoms with E-state index in [-0.39, 0.29) is 0 Å². The van der Waals surface area contributed by atoms with Gasteiger partial charge in [-0.3, -0.25) is 25.1 Å². The minimum Gasteiger partial charge on any atom is -0.303 e. The van der Waals surface area contributed by atoms with Gasteiger partial charge in [0.1, 0.15) is 6.29 Å². The Morgan fingerprint density at radius 1 is 0.967 bits per heavy atom. The third-order valence-electron chi connectivity index (χ3n) is 4.89. The fourth-order valence-corrected chi connectivity index (χ4v) is 3.08. The minimum atomic E-state index is -0.914. The van der Waals surface area contributed by atoms with E-state index >= 15 is 0 Å². The standard InChI is InChI=1S/C23H27N3O4/c1-26(23(30)21(28)20(25-24)11-7-2-3-8-16-27)22(29)19-14-12-18(13-15-19)17-9-5-4-6-10-17/h4-6,9-10,12-16,20,25H,2-3,7-8,11,24H2,1H3. The molecule has 2 amide bonds. The first-order valence-electron chi connectivity index (χ1n) is 9.91. The lowest BCUT2D eigenvalue weighted by Gasteiger charge is -2.19. The molecule has 0 fully saturated rings. The maximum Gasteiger partial charge on any atom is 0.298 e. The van der Waals surface area contributed by atoms with Crippen molar-refractivity contribution in [1.29, 1.82) is 0 Å². The van der Waals surface area contributed by atoms with Crippen molar-refractivity contribution in [3.8, 4) is 11.1 Å². The summed E-state index contributed by atoms with van der Waals surface area (Å²) < 4.78 is 0. The Labute approximate surface area is 176 Å². The number of carbonyl (C=O) groups is 4. The topological polar surface area (TPSA) is 110 Å². The normalized spacial score (nSPS) is 11.5. The molecule has 0 spiro atoms. The van der Waals surface area contributed by atoms with Gasteiger partial charge in [-0.1, -0.05) is 55.3 Å². The third-order valence-corrected chi connectivity index (χ3v) is 4.89. The number of aldehydes is 1. The van der Waals surface area contributed by atoms with Crippen molar-refractivity contribution < 1.29 is 19.2 Å². The molecule has 30 heavy (non-hydrogen) atoms. The van der Waals surface area contributed by atoms with Gasteiger partial charge in [-0.15, -0.1) is 0 Å². The number of nitrogens with two attached hydrogens (primary N) is 1. The minimum absolute atomic E-state index is 0.310. The molecule has 1 atom stereocenters. The summed E-state index contributed by atoms with van der Waals surface area (Å²) in [4.78, 5) is 48.8. The van der Waals surface area contributed by atoms with Gasteiger partial charge in [0.05, 0.1) is 6.04 Å². The van der Waals surface area contributed by atoms with E-state index in [1.54, 1.807) is 24.3 Å². The monoisotopic (exact) mass is 409 g/mol. The Hall–Kier alpha value is -3.16. The van der Waals surface area contributed by atoms with E-state index in [0.717, 1.165) is 35.2 Å². The third kappa shape index (κ3) is 6.17. The number of unbranched alkanes of at least 4 members (excludes halogenated alkanes) is 3. The molecule has 2 rings (SSSR count). The Balaban J connectivity index is 1.99. The van der Waals surface area contributed by atoms with E-state index in [4.69, 9.17) is 5.84 Å². The first-order valence-corrected chi connectivity index (χ1v) is 9.91. The summed E-state index contributed by atoms with van der Waals surface area (Å²) in [6.45, 7) is 0. The van der Waals surface area contributed by atoms with Gasteiger partial charge in [-0.25, -0.2) is 5.43 Å². The molecule has 1 unspecified atom stereocenters. The van der Waals surface area contributed by atoms with Crippen LogP contribution in [0.5, 0.6) is 0 Å². The van der Waals surface area contributed by atoms with Crippen molar-refractivity contribution in [2.45, 2.75) is 38.1 Å². The number of benzene rings is 2. The molecule has 0 saturated heterocycles. The highest BCUT2D eigenvalue weighted by molar-refractivity contribution is 6.41. The Morgan fingerprint density at radius 3 is 2.20 bits per heavy atom. The maximum atomic E-state index is 12.6. The number of imide groups is 1. The van der Waals surface area contributed by atoms with Crippen LogP contribution in [0.2, 0.25) is 0 Å². The quantitative estimate of drug-likeness (QED) is 0.194. The van der Waals surface area contributed by atoms with E-state index in [2.05, 4.69) is 5.43 Å². The zero-order valence-corrected chi connectivity index (χ0v) is 17.0. The molecule has 0 saturated carbocycles. The van der Waals surface area contributed by atoms with E-state index in [1.165, 1.54) is 7.05 Å². The summed E-state index contributed by atoms with van der Waals surface area (Å²) in [6.07, 6.45) is 3.78. The summed E-state index contributed by atoms with van der Waals surface area (Å²) in [6, 6.07) is 15.7. The lowest BCUT2D eigenvalue weighted by atomic mass is 10.0. The SMILES string of the molecule is CN(C(=O)C(=O)C(CCCCCC=O)NN)C(=O)c1ccc(-c2ccccc2)cc1. The summed E-state index contributed by atoms with van der Waals surface area (Å²) in [5.41, 5.74) is 4.62. The second-order valence-electron chi connectivity index (χ2n) is 7.00. The molecule has 0 aliphatic rings. The zero-order valence-electron chi connectivity index (χ0n) is 17.0. The average Bonchev–Trinajstić information content (AvgIpc) is 2.80. The van der Waals surface area contributed by atoms with E-state index in [1.807, 2.05) is 30.3 Å². The molecule has 3 N–H and O–H groups in total. The number of ketones is 1. The molecule has 158 valence electrons. The second-order valence-corrected chi connectivity index (χ2v) is 7.00. The largest absolute Gasteiger partial charge is 0.303 e. The predicted molar refractivity (Wildman–Crippen MR) is 114 cm³/mol. The fourth-order valence-electron chi connectivity index (χ4n) is 3.08. The summed E-state index contributed by atoms with van der Waals surface area (Å²) in [7, 11) is 1.28. The van der Waals surface area contributed by atoms with Gasteiger partial charge in [0.2, 0.25) is 5.78 Å². The molecular weight excluding hydrogens is 382 g/mol. The van der Waals surface area contributed by atoms with Crippen molar-refractivity contribution in [3.63, 3.8) is 0 Å². The molecule has 0 heterocycles. The molecule has 7 heteroatoms. The number of Topliss-reactive ketones (excluding diaryl/α,β-unsaturated/α-hetero) is 1. The number of carbonyl (C=O) groups excluding carboxylic acids is 4. The molecule has 2 aromatic carbocycles. The van der Waals surface area contributed by atoms with Gasteiger partial charge >= 0.3 is 0 Å². The van der Waals surface area contributed by atoms with Gasteiger partial charge in [-0.05, 0) is 36.1 Å². The van der Waals surface area contributed by atoms with Crippen LogP contribution in [0.1, 0.15) is 42.5 Å². The van der Waals surface area contributed by atoms with Gasteiger partial charge in [0.25, 0.3) is 11.8 Å². The highest BCUT2D eigenvalue weighted by Gasteiger charge is 2.30. The van der Waals surface area contributed by atoms with Crippen LogP contribution >= 0.6 is 0 Å². The van der Waals surface area contributed by atoms with Crippen LogP contribution in [-0.4, -0.2) is 41.9 Å². The summed E-state index contributed by atoms with van der Waals surface area (Å²) in [5, 5.41) is 0. The van der Waals surface area contributed by atoms with Gasteiger partial charge in [0, 0.05) is 19.0 Å².